The van der Waals surface area contributed by atoms with Crippen molar-refractivity contribution in [3.05, 3.63) is 0 Å². The smallest absolute Gasteiger partial charge is 0.0670 e. The summed E-state index contributed by atoms with van der Waals surface area (Å²) in [6.07, 6.45) is 1.35. The van der Waals surface area contributed by atoms with E-state index >= 15 is 0 Å². The molecule has 0 aromatic rings. The molecular formula is C9H22N2O. The van der Waals surface area contributed by atoms with E-state index in [1.165, 1.54) is 0 Å². The van der Waals surface area contributed by atoms with E-state index in [4.69, 9.17) is 10.5 Å². The van der Waals surface area contributed by atoms with Crippen LogP contribution in [0.1, 0.15) is 20.3 Å². The minimum atomic E-state index is 0.301. The standard InChI is InChI=1S/C9H22N2O/c1-8(5-6-10)11(3)7-9(2)12-4/h8-9H,5-7,10H2,1-4H3. The predicted octanol–water partition coefficient (Wildman–Crippen LogP) is 0.690. The fourth-order valence-corrected chi connectivity index (χ4v) is 1.12. The molecule has 0 aromatic carbocycles. The van der Waals surface area contributed by atoms with Gasteiger partial charge >= 0.3 is 0 Å². The average molecular weight is 174 g/mol. The largest absolute Gasteiger partial charge is 0.380 e. The van der Waals surface area contributed by atoms with Gasteiger partial charge in [-0.15, -0.1) is 0 Å². The fourth-order valence-electron chi connectivity index (χ4n) is 1.12. The molecule has 74 valence electrons. The van der Waals surface area contributed by atoms with Gasteiger partial charge in [0.25, 0.3) is 0 Å². The van der Waals surface area contributed by atoms with Crippen LogP contribution in [0.25, 0.3) is 0 Å². The molecule has 0 saturated carbocycles. The van der Waals surface area contributed by atoms with E-state index in [0.717, 1.165) is 19.5 Å². The predicted molar refractivity (Wildman–Crippen MR) is 52.2 cm³/mol. The van der Waals surface area contributed by atoms with Crippen molar-refractivity contribution < 1.29 is 4.74 Å². The van der Waals surface area contributed by atoms with Gasteiger partial charge in [-0.1, -0.05) is 0 Å². The lowest BCUT2D eigenvalue weighted by atomic mass is 10.2. The Kier molecular flexibility index (Phi) is 6.34. The summed E-state index contributed by atoms with van der Waals surface area (Å²) in [5.74, 6) is 0. The number of ether oxygens (including phenoxy) is 1. The first kappa shape index (κ1) is 11.9. The van der Waals surface area contributed by atoms with E-state index < -0.39 is 0 Å². The zero-order chi connectivity index (χ0) is 9.56. The number of rotatable bonds is 6. The second kappa shape index (κ2) is 6.40. The van der Waals surface area contributed by atoms with Crippen LogP contribution in [0.2, 0.25) is 0 Å². The lowest BCUT2D eigenvalue weighted by Crippen LogP contribution is -2.36. The number of methoxy groups -OCH3 is 1. The van der Waals surface area contributed by atoms with Gasteiger partial charge in [0, 0.05) is 19.7 Å². The van der Waals surface area contributed by atoms with E-state index in [0.29, 0.717) is 12.1 Å². The lowest BCUT2D eigenvalue weighted by Gasteiger charge is -2.26. The van der Waals surface area contributed by atoms with Crippen LogP contribution in [0.3, 0.4) is 0 Å². The van der Waals surface area contributed by atoms with Crippen LogP contribution in [0.5, 0.6) is 0 Å². The molecule has 0 fully saturated rings. The van der Waals surface area contributed by atoms with Crippen molar-refractivity contribution in [1.82, 2.24) is 4.90 Å². The van der Waals surface area contributed by atoms with Crippen LogP contribution in [0, 0.1) is 0 Å². The van der Waals surface area contributed by atoms with E-state index in [1.807, 2.05) is 0 Å². The molecule has 0 spiro atoms. The third-order valence-corrected chi connectivity index (χ3v) is 2.28. The summed E-state index contributed by atoms with van der Waals surface area (Å²) in [6.45, 7) is 5.99. The Balaban J connectivity index is 3.62. The molecule has 3 nitrogen and oxygen atoms in total. The summed E-state index contributed by atoms with van der Waals surface area (Å²) in [6, 6.07) is 0.549. The van der Waals surface area contributed by atoms with Gasteiger partial charge in [-0.25, -0.2) is 0 Å². The van der Waals surface area contributed by atoms with Crippen molar-refractivity contribution in [3.63, 3.8) is 0 Å². The SMILES string of the molecule is COC(C)CN(C)C(C)CCN. The molecule has 2 atom stereocenters. The minimum Gasteiger partial charge on any atom is -0.380 e. The van der Waals surface area contributed by atoms with Crippen molar-refractivity contribution >= 4 is 0 Å². The zero-order valence-corrected chi connectivity index (χ0v) is 8.71. The molecule has 0 aromatic heterocycles. The summed E-state index contributed by atoms with van der Waals surface area (Å²) >= 11 is 0. The minimum absolute atomic E-state index is 0.301. The van der Waals surface area contributed by atoms with E-state index in [2.05, 4.69) is 25.8 Å². The molecule has 0 aliphatic heterocycles. The molecule has 2 N–H and O–H groups in total. The fraction of sp³-hybridized carbons (Fsp3) is 1.00. The Morgan fingerprint density at radius 1 is 1.42 bits per heavy atom. The molecule has 3 heteroatoms. The number of hydrogen-bond donors (Lipinski definition) is 1. The van der Waals surface area contributed by atoms with Gasteiger partial charge in [-0.3, -0.25) is 0 Å². The summed E-state index contributed by atoms with van der Waals surface area (Å²) in [5, 5.41) is 0. The summed E-state index contributed by atoms with van der Waals surface area (Å²) < 4.78 is 5.18. The molecule has 0 saturated heterocycles. The normalized spacial score (nSPS) is 16.5. The molecule has 12 heavy (non-hydrogen) atoms. The van der Waals surface area contributed by atoms with E-state index in [-0.39, 0.29) is 0 Å². The van der Waals surface area contributed by atoms with Gasteiger partial charge in [0.1, 0.15) is 0 Å². The molecule has 0 bridgehead atoms. The molecule has 0 aliphatic rings. The number of nitrogens with two attached hydrogens (primary N) is 1. The first-order valence-corrected chi connectivity index (χ1v) is 4.55. The Bertz CT molecular complexity index is 109. The maximum atomic E-state index is 5.47. The van der Waals surface area contributed by atoms with Crippen molar-refractivity contribution in [2.24, 2.45) is 5.73 Å². The average Bonchev–Trinajstić information content (AvgIpc) is 2.04. The molecule has 0 rings (SSSR count). The first-order valence-electron chi connectivity index (χ1n) is 4.55. The van der Waals surface area contributed by atoms with Crippen LogP contribution in [-0.4, -0.2) is 44.3 Å². The molecular weight excluding hydrogens is 152 g/mol. The van der Waals surface area contributed by atoms with Gasteiger partial charge < -0.3 is 15.4 Å². The van der Waals surface area contributed by atoms with Crippen LogP contribution < -0.4 is 5.73 Å². The van der Waals surface area contributed by atoms with Crippen molar-refractivity contribution in [3.8, 4) is 0 Å². The highest BCUT2D eigenvalue weighted by Gasteiger charge is 2.10. The molecule has 0 amide bonds. The van der Waals surface area contributed by atoms with Gasteiger partial charge in [0.05, 0.1) is 6.10 Å². The maximum Gasteiger partial charge on any atom is 0.0670 e. The van der Waals surface area contributed by atoms with Crippen LogP contribution in [0.4, 0.5) is 0 Å². The third-order valence-electron chi connectivity index (χ3n) is 2.28. The Labute approximate surface area is 75.9 Å². The second-order valence-corrected chi connectivity index (χ2v) is 3.41. The van der Waals surface area contributed by atoms with Gasteiger partial charge in [0.15, 0.2) is 0 Å². The molecule has 0 heterocycles. The monoisotopic (exact) mass is 174 g/mol. The summed E-state index contributed by atoms with van der Waals surface area (Å²) in [7, 11) is 3.85. The van der Waals surface area contributed by atoms with Crippen LogP contribution in [-0.2, 0) is 4.74 Å². The Morgan fingerprint density at radius 3 is 2.42 bits per heavy atom. The number of likely N-dealkylation sites (N-methyl/N-ethyl adjacent to an activating group) is 1. The lowest BCUT2D eigenvalue weighted by molar-refractivity contribution is 0.0731. The maximum absolute atomic E-state index is 5.47. The quantitative estimate of drug-likeness (QED) is 0.644. The molecule has 0 aliphatic carbocycles. The Morgan fingerprint density at radius 2 is 2.00 bits per heavy atom. The zero-order valence-electron chi connectivity index (χ0n) is 8.71. The highest BCUT2D eigenvalue weighted by Crippen LogP contribution is 2.01. The highest BCUT2D eigenvalue weighted by atomic mass is 16.5. The summed E-state index contributed by atoms with van der Waals surface area (Å²) in [4.78, 5) is 2.28. The number of hydrogen-bond acceptors (Lipinski definition) is 3. The summed E-state index contributed by atoms with van der Waals surface area (Å²) in [5.41, 5.74) is 5.47. The Hall–Kier alpha value is -0.120. The van der Waals surface area contributed by atoms with E-state index in [9.17, 15) is 0 Å². The number of nitrogens with zero attached hydrogens (tertiary/aromatic N) is 1. The molecule has 0 radical (unpaired) electrons. The van der Waals surface area contributed by atoms with Crippen LogP contribution >= 0.6 is 0 Å². The third kappa shape index (κ3) is 4.70. The first-order chi connectivity index (χ1) is 5.61. The van der Waals surface area contributed by atoms with Crippen molar-refractivity contribution in [2.45, 2.75) is 32.4 Å². The van der Waals surface area contributed by atoms with Crippen molar-refractivity contribution in [2.75, 3.05) is 27.2 Å². The van der Waals surface area contributed by atoms with Gasteiger partial charge in [0.2, 0.25) is 0 Å². The van der Waals surface area contributed by atoms with Crippen LogP contribution in [0.15, 0.2) is 0 Å². The van der Waals surface area contributed by atoms with Crippen molar-refractivity contribution in [1.29, 1.82) is 0 Å². The van der Waals surface area contributed by atoms with Gasteiger partial charge in [-0.05, 0) is 33.9 Å². The van der Waals surface area contributed by atoms with Gasteiger partial charge in [-0.2, -0.15) is 0 Å². The topological polar surface area (TPSA) is 38.5 Å². The van der Waals surface area contributed by atoms with E-state index in [1.54, 1.807) is 7.11 Å². The molecule has 2 unspecified atom stereocenters. The highest BCUT2D eigenvalue weighted by molar-refractivity contribution is 4.66. The second-order valence-electron chi connectivity index (χ2n) is 3.41.